The average Bonchev–Trinajstić information content (AvgIpc) is 1.13. The van der Waals surface area contributed by atoms with Crippen LogP contribution in [0.1, 0.15) is 79.1 Å². The van der Waals surface area contributed by atoms with Gasteiger partial charge in [-0.3, -0.25) is 19.9 Å². The molecule has 14 heterocycles. The van der Waals surface area contributed by atoms with E-state index in [2.05, 4.69) is 97.6 Å². The molecule has 22 heteroatoms. The molecule has 15 rings (SSSR count). The number of hydrogen-bond donors (Lipinski definition) is 0. The van der Waals surface area contributed by atoms with Gasteiger partial charge < -0.3 is 34.1 Å². The maximum atomic E-state index is 9.39. The van der Waals surface area contributed by atoms with Crippen molar-refractivity contribution < 1.29 is 4.74 Å². The zero-order valence-corrected chi connectivity index (χ0v) is 50.6. The quantitative estimate of drug-likeness (QED) is 0.118. The molecule has 6 aliphatic rings. The summed E-state index contributed by atoms with van der Waals surface area (Å²) in [5.41, 5.74) is 8.32. The van der Waals surface area contributed by atoms with Crippen LogP contribution in [0, 0.1) is 48.1 Å². The van der Waals surface area contributed by atoms with Crippen molar-refractivity contribution in [3.05, 3.63) is 147 Å². The number of nitrogens with zero attached hydrogens (tertiary/aromatic N) is 20. The van der Waals surface area contributed by atoms with Gasteiger partial charge in [0.15, 0.2) is 17.5 Å². The van der Waals surface area contributed by atoms with Gasteiger partial charge in [0.1, 0.15) is 29.4 Å². The van der Waals surface area contributed by atoms with E-state index in [0.717, 1.165) is 223 Å². The van der Waals surface area contributed by atoms with E-state index in [1.807, 2.05) is 61.9 Å². The molecule has 0 amide bonds. The number of benzene rings is 1. The van der Waals surface area contributed by atoms with Crippen molar-refractivity contribution >= 4 is 89.4 Å². The highest BCUT2D eigenvalue weighted by Crippen LogP contribution is 2.41. The van der Waals surface area contributed by atoms with Crippen molar-refractivity contribution in [1.82, 2.24) is 54.8 Å². The number of pyridine rings is 5. The third kappa shape index (κ3) is 11.2. The zero-order valence-electron chi connectivity index (χ0n) is 49.0. The summed E-state index contributed by atoms with van der Waals surface area (Å²) in [6, 6.07) is 29.7. The number of piperidine rings is 3. The standard InChI is InChI=1S/C66H65BrN20O/c1-42-52-30-53(67)63(81-54(52)8-15-70-42)87-39-49(40-87)62-66(76-21-18-73-62)83-24-11-44(12-25-83)32-69-41-88-51-4-2-46-3-6-58(79-56(46)29-51)85-35-47(36-85)61-65(75-20-17-72-61)84-26-13-45(14-27-84)33-77-50-28-57-55(78-34-50)5-7-59(80-57)86-37-48(38-86)60-64(74-19-16-71-60)82-22-9-43(31-68)10-23-82/h2-8,15-21,28-30,34,43-45,47-49H,9-14,22-27,35-41H2,1H3/q+2. The Morgan fingerprint density at radius 3 is 1.64 bits per heavy atom. The van der Waals surface area contributed by atoms with Gasteiger partial charge in [0.25, 0.3) is 12.1 Å². The zero-order chi connectivity index (χ0) is 59.1. The van der Waals surface area contributed by atoms with Crippen LogP contribution >= 0.6 is 15.9 Å². The normalized spacial score (nSPS) is 18.1. The first-order chi connectivity index (χ1) is 43.3. The summed E-state index contributed by atoms with van der Waals surface area (Å²) in [5.74, 6) is 7.78. The van der Waals surface area contributed by atoms with Gasteiger partial charge in [-0.1, -0.05) is 0 Å². The number of anilines is 6. The highest BCUT2D eigenvalue weighted by Gasteiger charge is 2.38. The van der Waals surface area contributed by atoms with Gasteiger partial charge in [0, 0.05) is 168 Å². The van der Waals surface area contributed by atoms with Crippen LogP contribution in [0.2, 0.25) is 0 Å². The molecule has 0 atom stereocenters. The van der Waals surface area contributed by atoms with Crippen LogP contribution < -0.4 is 34.1 Å². The van der Waals surface area contributed by atoms with E-state index < -0.39 is 0 Å². The molecule has 0 N–H and O–H groups in total. The molecule has 88 heavy (non-hydrogen) atoms. The molecule has 0 unspecified atom stereocenters. The number of nitriles is 1. The molecule has 0 aliphatic carbocycles. The molecular formula is C66H65BrN20O+2. The molecule has 21 nitrogen and oxygen atoms in total. The maximum absolute atomic E-state index is 9.39. The fourth-order valence-electron chi connectivity index (χ4n) is 13.2. The predicted molar refractivity (Wildman–Crippen MR) is 344 cm³/mol. The number of aryl methyl sites for hydroxylation is 1. The van der Waals surface area contributed by atoms with Crippen LogP contribution in [0.3, 0.4) is 0 Å². The third-order valence-corrected chi connectivity index (χ3v) is 19.0. The van der Waals surface area contributed by atoms with Crippen molar-refractivity contribution in [3.63, 3.8) is 0 Å². The highest BCUT2D eigenvalue weighted by molar-refractivity contribution is 9.10. The van der Waals surface area contributed by atoms with Crippen LogP contribution in [0.25, 0.3) is 42.5 Å². The van der Waals surface area contributed by atoms with E-state index in [1.54, 1.807) is 31.0 Å². The second kappa shape index (κ2) is 24.0. The highest BCUT2D eigenvalue weighted by atomic mass is 79.9. The van der Waals surface area contributed by atoms with Gasteiger partial charge in [-0.15, -0.1) is 0 Å². The van der Waals surface area contributed by atoms with Gasteiger partial charge in [0.2, 0.25) is 0 Å². The Balaban J connectivity index is 0.512. The summed E-state index contributed by atoms with van der Waals surface area (Å²) in [6.45, 7) is 12.2. The minimum absolute atomic E-state index is 0.123. The van der Waals surface area contributed by atoms with Gasteiger partial charge in [-0.05, 0) is 120 Å². The molecule has 6 fully saturated rings. The second-order valence-electron chi connectivity index (χ2n) is 24.0. The Kier molecular flexibility index (Phi) is 15.0. The molecule has 6 saturated heterocycles. The number of ether oxygens (including phenoxy) is 1. The fraction of sp³-hybridized carbons (Fsp3) is 0.394. The first-order valence-electron chi connectivity index (χ1n) is 30.7. The molecule has 8 aromatic heterocycles. The van der Waals surface area contributed by atoms with Gasteiger partial charge in [-0.2, -0.15) is 5.26 Å². The summed E-state index contributed by atoms with van der Waals surface area (Å²) in [6.07, 6.45) is 19.8. The minimum atomic E-state index is 0.123. The second-order valence-corrected chi connectivity index (χ2v) is 24.9. The summed E-state index contributed by atoms with van der Waals surface area (Å²) in [5, 5.41) is 11.5. The molecule has 0 saturated carbocycles. The summed E-state index contributed by atoms with van der Waals surface area (Å²) in [4.78, 5) is 76.6. The monoisotopic (exact) mass is 1230 g/mol. The first kappa shape index (κ1) is 55.1. The van der Waals surface area contributed by atoms with Crippen LogP contribution in [0.5, 0.6) is 5.75 Å². The summed E-state index contributed by atoms with van der Waals surface area (Å²) >= 11 is 3.77. The van der Waals surface area contributed by atoms with E-state index in [1.165, 1.54) is 0 Å². The molecule has 9 aromatic rings. The van der Waals surface area contributed by atoms with Crippen LogP contribution in [0.4, 0.5) is 40.6 Å². The topological polar surface area (TPSA) is 203 Å². The predicted octanol–water partition coefficient (Wildman–Crippen LogP) is 10.6. The average molecular weight is 1230 g/mol. The van der Waals surface area contributed by atoms with Crippen molar-refractivity contribution in [2.75, 3.05) is 115 Å². The molecule has 0 spiro atoms. The van der Waals surface area contributed by atoms with Crippen molar-refractivity contribution in [2.45, 2.75) is 63.2 Å². The van der Waals surface area contributed by atoms with E-state index in [4.69, 9.17) is 59.4 Å². The number of aromatic nitrogens is 11. The lowest BCUT2D eigenvalue weighted by Crippen LogP contribution is -2.47. The number of fused-ring (bicyclic) bond motifs is 3. The first-order valence-corrected chi connectivity index (χ1v) is 31.5. The Morgan fingerprint density at radius 2 is 1.03 bits per heavy atom. The van der Waals surface area contributed by atoms with E-state index in [9.17, 15) is 5.26 Å². The van der Waals surface area contributed by atoms with Crippen molar-refractivity contribution in [1.29, 1.82) is 5.26 Å². The molecule has 6 aliphatic heterocycles. The number of halogens is 1. The molecule has 0 bridgehead atoms. The number of rotatable bonds is 11. The Morgan fingerprint density at radius 1 is 0.500 bits per heavy atom. The Hall–Kier alpha value is -9.46. The van der Waals surface area contributed by atoms with E-state index in [0.29, 0.717) is 0 Å². The van der Waals surface area contributed by atoms with Crippen LogP contribution in [-0.2, 0) is 0 Å². The minimum Gasteiger partial charge on any atom is -0.423 e. The maximum Gasteiger partial charge on any atom is 0.405 e. The van der Waals surface area contributed by atoms with Crippen LogP contribution in [-0.4, -0.2) is 140 Å². The molecule has 0 radical (unpaired) electrons. The smallest absolute Gasteiger partial charge is 0.405 e. The SMILES string of the molecule is Cc1nccc2nc(N3CC(c4nccnc4N4CCC(C#[N+]COc5ccc6ccc(N7CC(c8nccnc8N8CCC(C#[N+]c9cnc%10ccc(N%11CC(c%12nccnc%12N%12CCC(C#N)CC%12)C%11)nc%10c9)CC8)C7)nc6c5)CC4)C3)c(Br)cc12. The van der Waals surface area contributed by atoms with Crippen molar-refractivity contribution in [3.8, 4) is 24.0 Å². The molecule has 1 aromatic carbocycles. The fourth-order valence-corrected chi connectivity index (χ4v) is 13.8. The molecule has 440 valence electrons. The van der Waals surface area contributed by atoms with Crippen LogP contribution in [0.15, 0.2) is 115 Å². The third-order valence-electron chi connectivity index (χ3n) is 18.4. The number of hydrogen-bond acceptors (Lipinski definition) is 19. The van der Waals surface area contributed by atoms with E-state index >= 15 is 0 Å². The van der Waals surface area contributed by atoms with Crippen molar-refractivity contribution in [2.24, 2.45) is 17.8 Å². The molecular weight excluding hydrogens is 1170 g/mol. The van der Waals surface area contributed by atoms with Gasteiger partial charge in [0.05, 0.1) is 67.6 Å². The lowest BCUT2D eigenvalue weighted by molar-refractivity contribution is 0.360. The van der Waals surface area contributed by atoms with Gasteiger partial charge >= 0.3 is 12.4 Å². The van der Waals surface area contributed by atoms with Gasteiger partial charge in [-0.25, -0.2) is 34.9 Å². The lowest BCUT2D eigenvalue weighted by atomic mass is 9.94. The Bertz CT molecular complexity index is 4270. The Labute approximate surface area is 518 Å². The summed E-state index contributed by atoms with van der Waals surface area (Å²) < 4.78 is 7.13. The largest absolute Gasteiger partial charge is 0.423 e. The van der Waals surface area contributed by atoms with E-state index in [-0.39, 0.29) is 42.2 Å². The summed E-state index contributed by atoms with van der Waals surface area (Å²) in [7, 11) is 0. The lowest BCUT2D eigenvalue weighted by Gasteiger charge is -2.41.